The van der Waals surface area contributed by atoms with Gasteiger partial charge in [0.1, 0.15) is 11.4 Å². The van der Waals surface area contributed by atoms with Crippen molar-refractivity contribution < 1.29 is 9.26 Å². The molecule has 2 aromatic heterocycles. The lowest BCUT2D eigenvalue weighted by atomic mass is 10.1. The molecule has 1 aromatic carbocycles. The normalized spacial score (nSPS) is 10.2. The molecule has 0 saturated heterocycles. The van der Waals surface area contributed by atoms with Crippen LogP contribution in [0.2, 0.25) is 5.02 Å². The molecule has 0 fully saturated rings. The zero-order valence-corrected chi connectivity index (χ0v) is 12.2. The first-order chi connectivity index (χ1) is 10.7. The number of aromatic nitrogens is 3. The largest absolute Gasteiger partial charge is 0.497 e. The zero-order valence-electron chi connectivity index (χ0n) is 11.4. The minimum atomic E-state index is 0.280. The van der Waals surface area contributed by atoms with Crippen molar-refractivity contribution in [3.8, 4) is 34.8 Å². The molecule has 0 unspecified atom stereocenters. The predicted octanol–water partition coefficient (Wildman–Crippen LogP) is 3.33. The van der Waals surface area contributed by atoms with Crippen molar-refractivity contribution in [1.82, 2.24) is 15.1 Å². The minimum absolute atomic E-state index is 0.280. The summed E-state index contributed by atoms with van der Waals surface area (Å²) < 4.78 is 10.4. The van der Waals surface area contributed by atoms with Crippen LogP contribution in [0.25, 0.3) is 23.0 Å². The molecule has 0 radical (unpaired) electrons. The van der Waals surface area contributed by atoms with E-state index in [1.54, 1.807) is 30.3 Å². The summed E-state index contributed by atoms with van der Waals surface area (Å²) in [4.78, 5) is 8.41. The highest BCUT2D eigenvalue weighted by molar-refractivity contribution is 6.30. The lowest BCUT2D eigenvalue weighted by Gasteiger charge is -2.01. The van der Waals surface area contributed by atoms with Crippen LogP contribution in [0.5, 0.6) is 5.75 Å². The van der Waals surface area contributed by atoms with Crippen molar-refractivity contribution in [2.75, 3.05) is 7.11 Å². The highest BCUT2D eigenvalue weighted by atomic mass is 35.5. The second-order valence-corrected chi connectivity index (χ2v) is 4.78. The van der Waals surface area contributed by atoms with E-state index in [9.17, 15) is 0 Å². The number of nitrogens with zero attached hydrogens (tertiary/aromatic N) is 4. The molecule has 6 nitrogen and oxygen atoms in total. The third kappa shape index (κ3) is 2.75. The van der Waals surface area contributed by atoms with E-state index in [-0.39, 0.29) is 5.89 Å². The van der Waals surface area contributed by atoms with Gasteiger partial charge < -0.3 is 9.26 Å². The molecule has 0 bridgehead atoms. The molecular weight excluding hydrogens is 304 g/mol. The van der Waals surface area contributed by atoms with E-state index in [4.69, 9.17) is 26.1 Å². The maximum Gasteiger partial charge on any atom is 0.258 e. The molecule has 108 valence electrons. The second-order valence-electron chi connectivity index (χ2n) is 4.35. The predicted molar refractivity (Wildman–Crippen MR) is 79.2 cm³/mol. The summed E-state index contributed by atoms with van der Waals surface area (Å²) in [7, 11) is 1.52. The molecule has 0 saturated carbocycles. The van der Waals surface area contributed by atoms with Crippen LogP contribution in [0.1, 0.15) is 5.56 Å². The molecule has 3 rings (SSSR count). The molecule has 0 N–H and O–H groups in total. The topological polar surface area (TPSA) is 84.8 Å². The van der Waals surface area contributed by atoms with Crippen molar-refractivity contribution in [2.24, 2.45) is 0 Å². The Morgan fingerprint density at radius 3 is 2.82 bits per heavy atom. The first-order valence-electron chi connectivity index (χ1n) is 6.25. The Hall–Kier alpha value is -2.91. The number of methoxy groups -OCH3 is 1. The summed E-state index contributed by atoms with van der Waals surface area (Å²) in [5.74, 6) is 1.16. The molecule has 0 aliphatic rings. The van der Waals surface area contributed by atoms with Gasteiger partial charge in [-0.25, -0.2) is 0 Å². The number of halogens is 1. The van der Waals surface area contributed by atoms with E-state index in [0.717, 1.165) is 0 Å². The van der Waals surface area contributed by atoms with Crippen LogP contribution in [0.3, 0.4) is 0 Å². The molecule has 0 aliphatic carbocycles. The Bertz CT molecular complexity index is 853. The average molecular weight is 313 g/mol. The fourth-order valence-corrected chi connectivity index (χ4v) is 1.97. The van der Waals surface area contributed by atoms with Gasteiger partial charge in [-0.15, -0.1) is 0 Å². The Labute approximate surface area is 130 Å². The summed E-state index contributed by atoms with van der Waals surface area (Å²) in [5.41, 5.74) is 1.59. The van der Waals surface area contributed by atoms with Gasteiger partial charge in [-0.2, -0.15) is 10.2 Å². The van der Waals surface area contributed by atoms with Crippen LogP contribution in [0.15, 0.2) is 41.1 Å². The quantitative estimate of drug-likeness (QED) is 0.737. The number of hydrogen-bond acceptors (Lipinski definition) is 6. The van der Waals surface area contributed by atoms with Gasteiger partial charge in [-0.05, 0) is 30.3 Å². The monoisotopic (exact) mass is 312 g/mol. The number of benzene rings is 1. The van der Waals surface area contributed by atoms with Crippen LogP contribution >= 0.6 is 11.6 Å². The van der Waals surface area contributed by atoms with Crippen molar-refractivity contribution in [2.45, 2.75) is 0 Å². The minimum Gasteiger partial charge on any atom is -0.497 e. The Kier molecular flexibility index (Phi) is 3.73. The van der Waals surface area contributed by atoms with Crippen LogP contribution in [-0.2, 0) is 0 Å². The van der Waals surface area contributed by atoms with Gasteiger partial charge in [0.2, 0.25) is 5.82 Å². The third-order valence-electron chi connectivity index (χ3n) is 2.90. The van der Waals surface area contributed by atoms with Gasteiger partial charge >= 0.3 is 0 Å². The van der Waals surface area contributed by atoms with Crippen molar-refractivity contribution in [3.63, 3.8) is 0 Å². The van der Waals surface area contributed by atoms with E-state index in [2.05, 4.69) is 21.2 Å². The summed E-state index contributed by atoms with van der Waals surface area (Å²) >= 11 is 5.80. The van der Waals surface area contributed by atoms with Gasteiger partial charge in [-0.3, -0.25) is 4.98 Å². The van der Waals surface area contributed by atoms with Gasteiger partial charge in [0, 0.05) is 11.8 Å². The fraction of sp³-hybridized carbons (Fsp3) is 0.0667. The van der Waals surface area contributed by atoms with E-state index < -0.39 is 0 Å². The zero-order chi connectivity index (χ0) is 15.5. The highest BCUT2D eigenvalue weighted by Crippen LogP contribution is 2.26. The third-order valence-corrected chi connectivity index (χ3v) is 3.12. The van der Waals surface area contributed by atoms with Crippen molar-refractivity contribution in [1.29, 1.82) is 5.26 Å². The summed E-state index contributed by atoms with van der Waals surface area (Å²) in [5, 5.41) is 13.5. The molecule has 7 heteroatoms. The standard InChI is InChI=1S/C15H9ClN4O2/c1-21-12-5-9(7-17)4-10(6-12)15-19-14(20-22-15)13-3-2-11(16)8-18-13/h2-6,8H,1H3. The van der Waals surface area contributed by atoms with E-state index in [1.807, 2.05) is 0 Å². The number of ether oxygens (including phenoxy) is 1. The highest BCUT2D eigenvalue weighted by Gasteiger charge is 2.13. The average Bonchev–Trinajstić information content (AvgIpc) is 3.05. The maximum atomic E-state index is 9.04. The summed E-state index contributed by atoms with van der Waals surface area (Å²) in [6.07, 6.45) is 1.51. The number of nitriles is 1. The summed E-state index contributed by atoms with van der Waals surface area (Å²) in [6, 6.07) is 10.4. The van der Waals surface area contributed by atoms with E-state index in [1.165, 1.54) is 13.3 Å². The number of rotatable bonds is 3. The lowest BCUT2D eigenvalue weighted by molar-refractivity contribution is 0.413. The van der Waals surface area contributed by atoms with Crippen molar-refractivity contribution >= 4 is 11.6 Å². The first kappa shape index (κ1) is 14.0. The molecule has 0 aliphatic heterocycles. The lowest BCUT2D eigenvalue weighted by Crippen LogP contribution is -1.88. The molecule has 22 heavy (non-hydrogen) atoms. The van der Waals surface area contributed by atoms with E-state index in [0.29, 0.717) is 33.4 Å². The molecule has 0 amide bonds. The number of pyridine rings is 1. The first-order valence-corrected chi connectivity index (χ1v) is 6.62. The van der Waals surface area contributed by atoms with Crippen LogP contribution in [0.4, 0.5) is 0 Å². The Morgan fingerprint density at radius 2 is 2.14 bits per heavy atom. The SMILES string of the molecule is COc1cc(C#N)cc(-c2nc(-c3ccc(Cl)cn3)no2)c1. The van der Waals surface area contributed by atoms with Crippen LogP contribution < -0.4 is 4.74 Å². The molecule has 0 spiro atoms. The Morgan fingerprint density at radius 1 is 1.27 bits per heavy atom. The maximum absolute atomic E-state index is 9.04. The van der Waals surface area contributed by atoms with Crippen LogP contribution in [0, 0.1) is 11.3 Å². The van der Waals surface area contributed by atoms with Gasteiger partial charge in [0.15, 0.2) is 0 Å². The fourth-order valence-electron chi connectivity index (χ4n) is 1.86. The van der Waals surface area contributed by atoms with Crippen LogP contribution in [-0.4, -0.2) is 22.2 Å². The van der Waals surface area contributed by atoms with Gasteiger partial charge in [-0.1, -0.05) is 16.8 Å². The summed E-state index contributed by atoms with van der Waals surface area (Å²) in [6.45, 7) is 0. The molecular formula is C15H9ClN4O2. The molecule has 0 atom stereocenters. The number of hydrogen-bond donors (Lipinski definition) is 0. The van der Waals surface area contributed by atoms with E-state index >= 15 is 0 Å². The molecule has 2 heterocycles. The Balaban J connectivity index is 2.00. The second kappa shape index (κ2) is 5.84. The van der Waals surface area contributed by atoms with Crippen molar-refractivity contribution in [3.05, 3.63) is 47.1 Å². The van der Waals surface area contributed by atoms with Gasteiger partial charge in [0.25, 0.3) is 5.89 Å². The molecule has 3 aromatic rings. The smallest absolute Gasteiger partial charge is 0.258 e. The van der Waals surface area contributed by atoms with Gasteiger partial charge in [0.05, 0.1) is 23.8 Å².